The summed E-state index contributed by atoms with van der Waals surface area (Å²) in [6.07, 6.45) is 31.8. The van der Waals surface area contributed by atoms with E-state index in [-0.39, 0.29) is 0 Å². The van der Waals surface area contributed by atoms with E-state index in [2.05, 4.69) is 22.1 Å². The van der Waals surface area contributed by atoms with E-state index in [0.717, 1.165) is 23.7 Å². The summed E-state index contributed by atoms with van der Waals surface area (Å²) in [4.78, 5) is 8.20. The van der Waals surface area contributed by atoms with Gasteiger partial charge in [-0.25, -0.2) is 0 Å². The van der Waals surface area contributed by atoms with Crippen molar-refractivity contribution in [1.82, 2.24) is 9.97 Å². The van der Waals surface area contributed by atoms with Crippen LogP contribution in [0.1, 0.15) is 144 Å². The molecule has 4 atom stereocenters. The molecule has 2 nitrogen and oxygen atoms in total. The SMILES string of the molecule is C1=C\C2Cc3c([nH]c4c5c([nH]c34)C3CCCCCCCCC(C5)C3)C(CCCCCCC/1)C2. The number of hydrogen-bond donors (Lipinski definition) is 2. The van der Waals surface area contributed by atoms with Gasteiger partial charge in [0.15, 0.2) is 0 Å². The molecule has 0 amide bonds. The van der Waals surface area contributed by atoms with Crippen molar-refractivity contribution >= 4 is 11.0 Å². The highest BCUT2D eigenvalue weighted by atomic mass is 14.9. The minimum Gasteiger partial charge on any atom is -0.356 e. The fourth-order valence-electron chi connectivity index (χ4n) is 8.00. The van der Waals surface area contributed by atoms with Gasteiger partial charge in [-0.15, -0.1) is 0 Å². The number of allylic oxidation sites excluding steroid dienone is 2. The van der Waals surface area contributed by atoms with Gasteiger partial charge in [-0.2, -0.15) is 0 Å². The molecule has 2 heterocycles. The van der Waals surface area contributed by atoms with E-state index in [9.17, 15) is 0 Å². The summed E-state index contributed by atoms with van der Waals surface area (Å²) in [5.41, 5.74) is 9.67. The Hall–Kier alpha value is -1.44. The zero-order chi connectivity index (χ0) is 22.0. The smallest absolute Gasteiger partial charge is 0.0675 e. The third-order valence-corrected chi connectivity index (χ3v) is 9.75. The van der Waals surface area contributed by atoms with Crippen LogP contribution >= 0.6 is 0 Å². The fourth-order valence-corrected chi connectivity index (χ4v) is 8.00. The van der Waals surface area contributed by atoms with Crippen molar-refractivity contribution in [3.05, 3.63) is 34.7 Å². The Bertz CT molecular complexity index is 959. The molecule has 6 rings (SSSR count). The molecule has 1 saturated carbocycles. The number of rotatable bonds is 0. The first kappa shape index (κ1) is 22.1. The first-order valence-corrected chi connectivity index (χ1v) is 14.8. The molecule has 0 spiro atoms. The van der Waals surface area contributed by atoms with Crippen LogP contribution in [0.4, 0.5) is 0 Å². The van der Waals surface area contributed by atoms with Crippen LogP contribution in [-0.4, -0.2) is 9.97 Å². The van der Waals surface area contributed by atoms with Gasteiger partial charge >= 0.3 is 0 Å². The minimum atomic E-state index is 0.739. The van der Waals surface area contributed by atoms with Crippen LogP contribution in [0.3, 0.4) is 0 Å². The van der Waals surface area contributed by atoms with E-state index in [1.54, 1.807) is 22.5 Å². The summed E-state index contributed by atoms with van der Waals surface area (Å²) in [5.74, 6) is 3.17. The van der Waals surface area contributed by atoms with Gasteiger partial charge in [-0.05, 0) is 86.2 Å². The molecule has 4 aliphatic carbocycles. The van der Waals surface area contributed by atoms with Crippen LogP contribution in [0.5, 0.6) is 0 Å². The molecule has 2 N–H and O–H groups in total. The van der Waals surface area contributed by atoms with E-state index in [0.29, 0.717) is 0 Å². The topological polar surface area (TPSA) is 31.6 Å². The molecular weight excluding hydrogens is 400 g/mol. The van der Waals surface area contributed by atoms with Gasteiger partial charge in [0.1, 0.15) is 0 Å². The third kappa shape index (κ3) is 4.61. The number of aromatic amines is 2. The van der Waals surface area contributed by atoms with Crippen LogP contribution < -0.4 is 0 Å². The second-order valence-corrected chi connectivity index (χ2v) is 12.2. The van der Waals surface area contributed by atoms with Crippen molar-refractivity contribution < 1.29 is 0 Å². The van der Waals surface area contributed by atoms with Crippen molar-refractivity contribution in [2.45, 2.75) is 134 Å². The third-order valence-electron chi connectivity index (χ3n) is 9.75. The molecule has 4 unspecified atom stereocenters. The molecule has 4 aliphatic rings. The first-order valence-electron chi connectivity index (χ1n) is 14.8. The Morgan fingerprint density at radius 1 is 0.576 bits per heavy atom. The molecule has 2 aromatic heterocycles. The fraction of sp³-hybridized carbons (Fsp3) is 0.742. The van der Waals surface area contributed by atoms with E-state index in [1.165, 1.54) is 133 Å². The highest BCUT2D eigenvalue weighted by Crippen LogP contribution is 2.47. The summed E-state index contributed by atoms with van der Waals surface area (Å²) < 4.78 is 0. The second-order valence-electron chi connectivity index (χ2n) is 12.2. The number of fused-ring (bicyclic) bond motifs is 11. The Morgan fingerprint density at radius 2 is 1.15 bits per heavy atom. The molecular formula is C31H46N2. The average molecular weight is 447 g/mol. The van der Waals surface area contributed by atoms with E-state index < -0.39 is 0 Å². The Balaban J connectivity index is 1.35. The molecule has 180 valence electrons. The van der Waals surface area contributed by atoms with E-state index in [1.807, 2.05) is 0 Å². The van der Waals surface area contributed by atoms with Crippen molar-refractivity contribution in [1.29, 1.82) is 0 Å². The predicted octanol–water partition coefficient (Wildman–Crippen LogP) is 9.22. The lowest BCUT2D eigenvalue weighted by Crippen LogP contribution is -2.19. The Labute approximate surface area is 201 Å². The molecule has 2 heteroatoms. The summed E-state index contributed by atoms with van der Waals surface area (Å²) in [5, 5.41) is 0. The highest BCUT2D eigenvalue weighted by molar-refractivity contribution is 5.87. The maximum absolute atomic E-state index is 4.10. The van der Waals surface area contributed by atoms with Gasteiger partial charge in [0.25, 0.3) is 0 Å². The maximum Gasteiger partial charge on any atom is 0.0675 e. The van der Waals surface area contributed by atoms with E-state index >= 15 is 0 Å². The van der Waals surface area contributed by atoms with Crippen LogP contribution in [0.25, 0.3) is 11.0 Å². The lowest BCUT2D eigenvalue weighted by molar-refractivity contribution is 0.355. The number of nitrogens with one attached hydrogen (secondary N) is 2. The lowest BCUT2D eigenvalue weighted by atomic mass is 9.76. The molecule has 0 aromatic carbocycles. The Morgan fingerprint density at radius 3 is 1.88 bits per heavy atom. The van der Waals surface area contributed by atoms with Crippen LogP contribution in [0.15, 0.2) is 12.2 Å². The van der Waals surface area contributed by atoms with Crippen LogP contribution in [-0.2, 0) is 12.8 Å². The molecule has 0 radical (unpaired) electrons. The predicted molar refractivity (Wildman–Crippen MR) is 140 cm³/mol. The zero-order valence-corrected chi connectivity index (χ0v) is 20.9. The van der Waals surface area contributed by atoms with Crippen LogP contribution in [0.2, 0.25) is 0 Å². The standard InChI is InChI=1S/C31H46N2/c1-2-6-10-14-22-18-24(16-12-8-3-1)28-26(20-22)30-31(32-28)27-21-23-15-11-7-4-5-9-13-17-25(19-23)29(27)33-30/h10,14,22-25,32-33H,1-9,11-13,15-21H2/b14-10-. The summed E-state index contributed by atoms with van der Waals surface area (Å²) in [6, 6.07) is 0. The zero-order valence-electron chi connectivity index (χ0n) is 20.9. The number of hydrogen-bond acceptors (Lipinski definition) is 0. The summed E-state index contributed by atoms with van der Waals surface area (Å²) >= 11 is 0. The molecule has 33 heavy (non-hydrogen) atoms. The van der Waals surface area contributed by atoms with Gasteiger partial charge in [-0.3, -0.25) is 0 Å². The number of H-pyrrole nitrogens is 2. The second kappa shape index (κ2) is 10.0. The first-order chi connectivity index (χ1) is 16.4. The number of aromatic nitrogens is 2. The highest BCUT2D eigenvalue weighted by Gasteiger charge is 2.35. The molecule has 0 saturated heterocycles. The van der Waals surface area contributed by atoms with Crippen molar-refractivity contribution in [3.63, 3.8) is 0 Å². The monoisotopic (exact) mass is 446 g/mol. The quantitative estimate of drug-likeness (QED) is 0.378. The van der Waals surface area contributed by atoms with Crippen molar-refractivity contribution in [2.75, 3.05) is 0 Å². The Kier molecular flexibility index (Phi) is 6.71. The summed E-state index contributed by atoms with van der Waals surface area (Å²) in [6.45, 7) is 0. The maximum atomic E-state index is 4.10. The van der Waals surface area contributed by atoms with Crippen molar-refractivity contribution in [3.8, 4) is 0 Å². The molecule has 0 aliphatic heterocycles. The largest absolute Gasteiger partial charge is 0.356 e. The molecule has 4 bridgehead atoms. The van der Waals surface area contributed by atoms with Gasteiger partial charge in [0.2, 0.25) is 0 Å². The minimum absolute atomic E-state index is 0.739. The van der Waals surface area contributed by atoms with Gasteiger partial charge < -0.3 is 9.97 Å². The van der Waals surface area contributed by atoms with Gasteiger partial charge in [0, 0.05) is 11.4 Å². The van der Waals surface area contributed by atoms with Gasteiger partial charge in [0.05, 0.1) is 11.0 Å². The van der Waals surface area contributed by atoms with E-state index in [4.69, 9.17) is 0 Å². The summed E-state index contributed by atoms with van der Waals surface area (Å²) in [7, 11) is 0. The lowest BCUT2D eigenvalue weighted by Gasteiger charge is -2.30. The van der Waals surface area contributed by atoms with Crippen LogP contribution in [0, 0.1) is 11.8 Å². The average Bonchev–Trinajstić information content (AvgIpc) is 3.34. The molecule has 2 aromatic rings. The van der Waals surface area contributed by atoms with Crippen molar-refractivity contribution in [2.24, 2.45) is 11.8 Å². The molecule has 1 fully saturated rings. The van der Waals surface area contributed by atoms with Gasteiger partial charge in [-0.1, -0.05) is 82.8 Å². The normalized spacial score (nSPS) is 32.6.